The van der Waals surface area contributed by atoms with E-state index in [1.807, 2.05) is 4.91 Å². The second-order valence-corrected chi connectivity index (χ2v) is 3.44. The van der Waals surface area contributed by atoms with Crippen molar-refractivity contribution < 1.29 is 13.6 Å². The molecule has 0 bridgehead atoms. The van der Waals surface area contributed by atoms with E-state index in [-0.39, 0.29) is 0 Å². The van der Waals surface area contributed by atoms with E-state index in [4.69, 9.17) is 5.53 Å². The third-order valence-electron chi connectivity index (χ3n) is 2.32. The van der Waals surface area contributed by atoms with Crippen molar-refractivity contribution in [3.8, 4) is 0 Å². The summed E-state index contributed by atoms with van der Waals surface area (Å²) in [6, 6.07) is -3.95. The Kier molecular flexibility index (Phi) is 3.85. The quantitative estimate of drug-likeness (QED) is 0.303. The van der Waals surface area contributed by atoms with E-state index in [0.29, 0.717) is 13.1 Å². The van der Waals surface area contributed by atoms with E-state index in [9.17, 15) is 13.6 Å². The molecule has 0 aliphatic carbocycles. The number of rotatable bonds is 2. The number of halogens is 2. The van der Waals surface area contributed by atoms with E-state index in [2.05, 4.69) is 5.11 Å². The predicted molar refractivity (Wildman–Crippen MR) is 49.1 cm³/mol. The average molecular weight is 218 g/mol. The van der Waals surface area contributed by atoms with Gasteiger partial charge in [-0.05, 0) is 23.5 Å². The van der Waals surface area contributed by atoms with Crippen molar-refractivity contribution in [2.75, 3.05) is 13.1 Å². The molecule has 0 saturated carbocycles. The molecule has 0 spiro atoms. The summed E-state index contributed by atoms with van der Waals surface area (Å²) >= 11 is 0. The lowest BCUT2D eigenvalue weighted by atomic mass is 10.2. The SMILES string of the molecule is [N-]=[N+]=NC(F)(F)C(=O)N1CCCCCC1. The van der Waals surface area contributed by atoms with Crippen LogP contribution in [0.15, 0.2) is 5.11 Å². The first-order chi connectivity index (χ1) is 7.08. The Balaban J connectivity index is 2.69. The van der Waals surface area contributed by atoms with Gasteiger partial charge in [-0.15, -0.1) is 0 Å². The molecule has 0 radical (unpaired) electrons. The lowest BCUT2D eigenvalue weighted by Crippen LogP contribution is -2.42. The summed E-state index contributed by atoms with van der Waals surface area (Å²) in [5, 5.41) is 2.22. The summed E-state index contributed by atoms with van der Waals surface area (Å²) < 4.78 is 25.8. The molecule has 1 amide bonds. The van der Waals surface area contributed by atoms with Gasteiger partial charge in [-0.2, -0.15) is 8.78 Å². The van der Waals surface area contributed by atoms with Crippen LogP contribution in [0.3, 0.4) is 0 Å². The highest BCUT2D eigenvalue weighted by atomic mass is 19.3. The Labute approximate surface area is 85.7 Å². The van der Waals surface area contributed by atoms with Crippen LogP contribution in [0.5, 0.6) is 0 Å². The largest absolute Gasteiger partial charge is 0.402 e. The van der Waals surface area contributed by atoms with Gasteiger partial charge >= 0.3 is 6.05 Å². The monoisotopic (exact) mass is 218 g/mol. The highest BCUT2D eigenvalue weighted by molar-refractivity contribution is 5.83. The Hall–Kier alpha value is -1.36. The molecular formula is C8H12F2N4O. The van der Waals surface area contributed by atoms with Crippen LogP contribution in [0, 0.1) is 0 Å². The standard InChI is InChI=1S/C8H12F2N4O/c9-8(10,12-13-11)7(15)14-5-3-1-2-4-6-14/h1-6H2. The maximum Gasteiger partial charge on any atom is 0.402 e. The van der Waals surface area contributed by atoms with E-state index in [0.717, 1.165) is 30.6 Å². The van der Waals surface area contributed by atoms with E-state index >= 15 is 0 Å². The molecule has 0 aromatic heterocycles. The van der Waals surface area contributed by atoms with Crippen molar-refractivity contribution in [1.82, 2.24) is 4.90 Å². The minimum absolute atomic E-state index is 0.315. The molecule has 84 valence electrons. The number of amides is 1. The molecule has 0 atom stereocenters. The fourth-order valence-electron chi connectivity index (χ4n) is 1.56. The van der Waals surface area contributed by atoms with Gasteiger partial charge in [-0.3, -0.25) is 4.79 Å². The number of hydrogen-bond acceptors (Lipinski definition) is 2. The lowest BCUT2D eigenvalue weighted by Gasteiger charge is -2.22. The molecule has 0 N–H and O–H groups in total. The van der Waals surface area contributed by atoms with Crippen LogP contribution in [0.4, 0.5) is 8.78 Å². The first kappa shape index (κ1) is 11.7. The van der Waals surface area contributed by atoms with Crippen molar-refractivity contribution in [3.05, 3.63) is 10.4 Å². The first-order valence-corrected chi connectivity index (χ1v) is 4.81. The van der Waals surface area contributed by atoms with Crippen LogP contribution < -0.4 is 0 Å². The van der Waals surface area contributed by atoms with Crippen molar-refractivity contribution in [3.63, 3.8) is 0 Å². The van der Waals surface area contributed by atoms with Crippen LogP contribution >= 0.6 is 0 Å². The van der Waals surface area contributed by atoms with Crippen LogP contribution in [-0.2, 0) is 4.79 Å². The summed E-state index contributed by atoms with van der Waals surface area (Å²) in [5.41, 5.74) is 7.91. The van der Waals surface area contributed by atoms with Gasteiger partial charge in [0.25, 0.3) is 5.91 Å². The van der Waals surface area contributed by atoms with Gasteiger partial charge in [0.1, 0.15) is 0 Å². The predicted octanol–water partition coefficient (Wildman–Crippen LogP) is 2.29. The van der Waals surface area contributed by atoms with Crippen molar-refractivity contribution in [2.45, 2.75) is 31.7 Å². The van der Waals surface area contributed by atoms with Crippen LogP contribution in [0.2, 0.25) is 0 Å². The molecule has 5 nitrogen and oxygen atoms in total. The molecule has 0 unspecified atom stereocenters. The number of nitrogens with zero attached hydrogens (tertiary/aromatic N) is 4. The minimum Gasteiger partial charge on any atom is -0.337 e. The summed E-state index contributed by atoms with van der Waals surface area (Å²) in [6.45, 7) is 0.630. The number of hydrogen-bond donors (Lipinski definition) is 0. The Bertz CT molecular complexity index is 280. The van der Waals surface area contributed by atoms with Crippen LogP contribution in [0.1, 0.15) is 25.7 Å². The molecule has 1 saturated heterocycles. The molecule has 0 aromatic carbocycles. The third-order valence-corrected chi connectivity index (χ3v) is 2.32. The molecule has 1 rings (SSSR count). The highest BCUT2D eigenvalue weighted by Gasteiger charge is 2.41. The smallest absolute Gasteiger partial charge is 0.337 e. The minimum atomic E-state index is -3.95. The van der Waals surface area contributed by atoms with Crippen LogP contribution in [-0.4, -0.2) is 29.9 Å². The van der Waals surface area contributed by atoms with Gasteiger partial charge in [-0.25, -0.2) is 0 Å². The number of carbonyl (C=O) groups excluding carboxylic acids is 1. The first-order valence-electron chi connectivity index (χ1n) is 4.81. The summed E-state index contributed by atoms with van der Waals surface area (Å²) in [4.78, 5) is 14.3. The normalized spacial score (nSPS) is 17.9. The molecule has 15 heavy (non-hydrogen) atoms. The zero-order chi connectivity index (χ0) is 11.3. The fraction of sp³-hybridized carbons (Fsp3) is 0.875. The van der Waals surface area contributed by atoms with Gasteiger partial charge in [0.2, 0.25) is 0 Å². The van der Waals surface area contributed by atoms with Gasteiger partial charge in [0.05, 0.1) is 0 Å². The molecule has 1 heterocycles. The van der Waals surface area contributed by atoms with Crippen molar-refractivity contribution in [2.24, 2.45) is 5.11 Å². The molecule has 0 aromatic rings. The van der Waals surface area contributed by atoms with Crippen LogP contribution in [0.25, 0.3) is 10.4 Å². The van der Waals surface area contributed by atoms with Crippen molar-refractivity contribution in [1.29, 1.82) is 0 Å². The molecule has 1 aliphatic rings. The van der Waals surface area contributed by atoms with E-state index < -0.39 is 12.0 Å². The second kappa shape index (κ2) is 4.93. The van der Waals surface area contributed by atoms with Gasteiger partial charge < -0.3 is 4.90 Å². The number of likely N-dealkylation sites (tertiary alicyclic amines) is 1. The van der Waals surface area contributed by atoms with E-state index in [1.165, 1.54) is 0 Å². The van der Waals surface area contributed by atoms with Gasteiger partial charge in [0, 0.05) is 18.0 Å². The number of carbonyl (C=O) groups is 1. The fourth-order valence-corrected chi connectivity index (χ4v) is 1.56. The maximum atomic E-state index is 12.9. The Morgan fingerprint density at radius 1 is 1.27 bits per heavy atom. The molecule has 1 fully saturated rings. The number of alkyl halides is 2. The maximum absolute atomic E-state index is 12.9. The highest BCUT2D eigenvalue weighted by Crippen LogP contribution is 2.21. The topological polar surface area (TPSA) is 69.1 Å². The van der Waals surface area contributed by atoms with E-state index in [1.54, 1.807) is 0 Å². The zero-order valence-corrected chi connectivity index (χ0v) is 8.20. The average Bonchev–Trinajstić information content (AvgIpc) is 2.44. The van der Waals surface area contributed by atoms with Gasteiger partial charge in [-0.1, -0.05) is 12.8 Å². The zero-order valence-electron chi connectivity index (χ0n) is 8.20. The molecular weight excluding hydrogens is 206 g/mol. The summed E-state index contributed by atoms with van der Waals surface area (Å²) in [6.07, 6.45) is 3.32. The third kappa shape index (κ3) is 3.06. The van der Waals surface area contributed by atoms with Gasteiger partial charge in [0.15, 0.2) is 0 Å². The Morgan fingerprint density at radius 2 is 1.80 bits per heavy atom. The summed E-state index contributed by atoms with van der Waals surface area (Å²) in [7, 11) is 0. The Morgan fingerprint density at radius 3 is 2.27 bits per heavy atom. The second-order valence-electron chi connectivity index (χ2n) is 3.44. The lowest BCUT2D eigenvalue weighted by molar-refractivity contribution is -0.156. The summed E-state index contributed by atoms with van der Waals surface area (Å²) in [5.74, 6) is -1.39. The molecule has 1 aliphatic heterocycles. The number of azide groups is 1. The van der Waals surface area contributed by atoms with Crippen molar-refractivity contribution >= 4 is 5.91 Å². The molecule has 7 heteroatoms.